The highest BCUT2D eigenvalue weighted by Crippen LogP contribution is 2.41. The molecular weight excluding hydrogens is 414 g/mol. The second-order valence-corrected chi connectivity index (χ2v) is 11.6. The normalized spacial score (nSPS) is 24.6. The molecule has 0 bridgehead atoms. The predicted molar refractivity (Wildman–Crippen MR) is 132 cm³/mol. The molecule has 0 spiro atoms. The van der Waals surface area contributed by atoms with Gasteiger partial charge in [0.25, 0.3) is 0 Å². The number of benzene rings is 1. The Bertz CT molecular complexity index is 736. The second kappa shape index (κ2) is 11.2. The number of rotatable bonds is 8. The van der Waals surface area contributed by atoms with Crippen LogP contribution in [-0.4, -0.2) is 41.1 Å². The fraction of sp³-hybridized carbons (Fsp3) is 0.750. The van der Waals surface area contributed by atoms with Crippen LogP contribution in [0.25, 0.3) is 0 Å². The molecule has 3 atom stereocenters. The van der Waals surface area contributed by atoms with Gasteiger partial charge in [-0.2, -0.15) is 0 Å². The Morgan fingerprint density at radius 2 is 1.82 bits per heavy atom. The molecule has 1 aromatic rings. The largest absolute Gasteiger partial charge is 0.444 e. The summed E-state index contributed by atoms with van der Waals surface area (Å²) in [4.78, 5) is 15.2. The van der Waals surface area contributed by atoms with Crippen molar-refractivity contribution in [1.29, 1.82) is 0 Å². The lowest BCUT2D eigenvalue weighted by atomic mass is 9.82. The molecule has 1 heterocycles. The van der Waals surface area contributed by atoms with E-state index in [0.29, 0.717) is 25.0 Å². The fourth-order valence-corrected chi connectivity index (χ4v) is 5.38. The molecule has 1 saturated heterocycles. The number of amides is 1. The van der Waals surface area contributed by atoms with E-state index in [4.69, 9.17) is 14.2 Å². The van der Waals surface area contributed by atoms with Gasteiger partial charge >= 0.3 is 6.09 Å². The van der Waals surface area contributed by atoms with Crippen molar-refractivity contribution in [2.75, 3.05) is 6.61 Å². The molecule has 2 aliphatic rings. The summed E-state index contributed by atoms with van der Waals surface area (Å²) in [5.41, 5.74) is -0.0230. The van der Waals surface area contributed by atoms with Gasteiger partial charge in [0.1, 0.15) is 11.3 Å². The van der Waals surface area contributed by atoms with E-state index in [2.05, 4.69) is 19.1 Å². The zero-order chi connectivity index (χ0) is 24.1. The molecule has 1 aliphatic carbocycles. The zero-order valence-corrected chi connectivity index (χ0v) is 21.6. The van der Waals surface area contributed by atoms with E-state index in [9.17, 15) is 4.79 Å². The lowest BCUT2D eigenvalue weighted by molar-refractivity contribution is -0.0834. The zero-order valence-electron chi connectivity index (χ0n) is 21.6. The summed E-state index contributed by atoms with van der Waals surface area (Å²) < 4.78 is 18.4. The molecule has 1 saturated carbocycles. The molecule has 0 radical (unpaired) electrons. The lowest BCUT2D eigenvalue weighted by Crippen LogP contribution is -2.50. The van der Waals surface area contributed by atoms with Gasteiger partial charge in [0, 0.05) is 6.61 Å². The summed E-state index contributed by atoms with van der Waals surface area (Å²) in [5, 5.41) is 0. The lowest BCUT2D eigenvalue weighted by Gasteiger charge is -2.37. The van der Waals surface area contributed by atoms with Crippen LogP contribution in [0.15, 0.2) is 30.3 Å². The van der Waals surface area contributed by atoms with E-state index in [-0.39, 0.29) is 18.2 Å². The highest BCUT2D eigenvalue weighted by molar-refractivity contribution is 5.70. The Morgan fingerprint density at radius 1 is 1.15 bits per heavy atom. The van der Waals surface area contributed by atoms with Gasteiger partial charge in [-0.05, 0) is 64.9 Å². The summed E-state index contributed by atoms with van der Waals surface area (Å²) in [6.07, 6.45) is 8.01. The molecule has 186 valence electrons. The number of carbonyl (C=O) groups is 1. The maximum Gasteiger partial charge on any atom is 0.412 e. The summed E-state index contributed by atoms with van der Waals surface area (Å²) in [6.45, 7) is 13.3. The van der Waals surface area contributed by atoms with E-state index in [0.717, 1.165) is 12.8 Å². The highest BCUT2D eigenvalue weighted by atomic mass is 16.6. The molecule has 0 N–H and O–H groups in total. The van der Waals surface area contributed by atoms with Crippen LogP contribution in [-0.2, 0) is 20.8 Å². The van der Waals surface area contributed by atoms with Crippen molar-refractivity contribution in [1.82, 2.24) is 4.90 Å². The van der Waals surface area contributed by atoms with Gasteiger partial charge in [-0.15, -0.1) is 0 Å². The number of hydrogen-bond acceptors (Lipinski definition) is 4. The van der Waals surface area contributed by atoms with Crippen LogP contribution in [0.1, 0.15) is 92.1 Å². The minimum atomic E-state index is -0.684. The first-order valence-corrected chi connectivity index (χ1v) is 12.9. The molecule has 5 nitrogen and oxygen atoms in total. The van der Waals surface area contributed by atoms with Gasteiger partial charge in [0.05, 0.1) is 18.8 Å². The van der Waals surface area contributed by atoms with Crippen LogP contribution in [0.4, 0.5) is 4.79 Å². The standard InChI is InChI=1S/C28H45NO4/c1-21(19-31-20-23-15-11-8-12-16-23)17-25-24(18-22-13-9-7-10-14-22)29(28(5,6)32-25)26(30)33-27(2,3)4/h8,11-12,15-16,21-22,24-25H,7,9-10,13-14,17-20H2,1-6H3/t21-,24?,25?/m0/s1. The molecule has 5 heteroatoms. The monoisotopic (exact) mass is 459 g/mol. The first kappa shape index (κ1) is 26.0. The first-order chi connectivity index (χ1) is 15.5. The van der Waals surface area contributed by atoms with Crippen molar-refractivity contribution in [2.45, 2.75) is 117 Å². The third-order valence-electron chi connectivity index (χ3n) is 6.82. The molecule has 1 aromatic carbocycles. The quantitative estimate of drug-likeness (QED) is 0.422. The third-order valence-corrected chi connectivity index (χ3v) is 6.82. The summed E-state index contributed by atoms with van der Waals surface area (Å²) >= 11 is 0. The third kappa shape index (κ3) is 7.71. The summed E-state index contributed by atoms with van der Waals surface area (Å²) in [6, 6.07) is 10.3. The number of nitrogens with zero attached hydrogens (tertiary/aromatic N) is 1. The van der Waals surface area contributed by atoms with Crippen molar-refractivity contribution in [3.63, 3.8) is 0 Å². The molecule has 2 unspecified atom stereocenters. The van der Waals surface area contributed by atoms with Crippen molar-refractivity contribution in [3.05, 3.63) is 35.9 Å². The number of ether oxygens (including phenoxy) is 3. The van der Waals surface area contributed by atoms with Gasteiger partial charge in [-0.1, -0.05) is 69.4 Å². The Hall–Kier alpha value is -1.59. The molecule has 2 fully saturated rings. The second-order valence-electron chi connectivity index (χ2n) is 11.6. The van der Waals surface area contributed by atoms with Crippen LogP contribution >= 0.6 is 0 Å². The van der Waals surface area contributed by atoms with Gasteiger partial charge < -0.3 is 14.2 Å². The van der Waals surface area contributed by atoms with E-state index < -0.39 is 11.3 Å². The van der Waals surface area contributed by atoms with E-state index in [1.165, 1.54) is 37.7 Å². The van der Waals surface area contributed by atoms with Crippen LogP contribution in [0.5, 0.6) is 0 Å². The smallest absolute Gasteiger partial charge is 0.412 e. The average molecular weight is 460 g/mol. The molecule has 0 aromatic heterocycles. The van der Waals surface area contributed by atoms with Crippen LogP contribution in [0.2, 0.25) is 0 Å². The van der Waals surface area contributed by atoms with Gasteiger partial charge in [0.2, 0.25) is 0 Å². The highest BCUT2D eigenvalue weighted by Gasteiger charge is 2.51. The predicted octanol–water partition coefficient (Wildman–Crippen LogP) is 6.94. The number of hydrogen-bond donors (Lipinski definition) is 0. The van der Waals surface area contributed by atoms with E-state index >= 15 is 0 Å². The maximum absolute atomic E-state index is 13.3. The molecule has 1 aliphatic heterocycles. The van der Waals surface area contributed by atoms with Crippen LogP contribution < -0.4 is 0 Å². The van der Waals surface area contributed by atoms with E-state index in [1.807, 2.05) is 57.7 Å². The van der Waals surface area contributed by atoms with Crippen molar-refractivity contribution >= 4 is 6.09 Å². The molecular formula is C28H45NO4. The molecule has 3 rings (SSSR count). The Labute approximate surface area is 201 Å². The maximum atomic E-state index is 13.3. The minimum absolute atomic E-state index is 0.00947. The first-order valence-electron chi connectivity index (χ1n) is 12.9. The molecule has 1 amide bonds. The Kier molecular flexibility index (Phi) is 8.85. The van der Waals surface area contributed by atoms with Gasteiger partial charge in [-0.25, -0.2) is 4.79 Å². The Balaban J connectivity index is 1.67. The minimum Gasteiger partial charge on any atom is -0.444 e. The molecule has 33 heavy (non-hydrogen) atoms. The fourth-order valence-electron chi connectivity index (χ4n) is 5.38. The van der Waals surface area contributed by atoms with Gasteiger partial charge in [-0.3, -0.25) is 4.90 Å². The average Bonchev–Trinajstić information content (AvgIpc) is 2.97. The summed E-state index contributed by atoms with van der Waals surface area (Å²) in [5.74, 6) is 0.986. The topological polar surface area (TPSA) is 48.0 Å². The van der Waals surface area contributed by atoms with Crippen LogP contribution in [0, 0.1) is 11.8 Å². The van der Waals surface area contributed by atoms with Crippen molar-refractivity contribution in [2.24, 2.45) is 11.8 Å². The Morgan fingerprint density at radius 3 is 2.45 bits per heavy atom. The summed E-state index contributed by atoms with van der Waals surface area (Å²) in [7, 11) is 0. The van der Waals surface area contributed by atoms with Crippen molar-refractivity contribution in [3.8, 4) is 0 Å². The van der Waals surface area contributed by atoms with Gasteiger partial charge in [0.15, 0.2) is 0 Å². The number of carbonyl (C=O) groups excluding carboxylic acids is 1. The SMILES string of the molecule is C[C@H](COCc1ccccc1)CC1OC(C)(C)N(C(=O)OC(C)(C)C)C1CC1CCCCC1. The van der Waals surface area contributed by atoms with Crippen LogP contribution in [0.3, 0.4) is 0 Å². The van der Waals surface area contributed by atoms with E-state index in [1.54, 1.807) is 0 Å². The van der Waals surface area contributed by atoms with Crippen molar-refractivity contribution < 1.29 is 19.0 Å².